The van der Waals surface area contributed by atoms with Crippen molar-refractivity contribution in [2.24, 2.45) is 5.41 Å². The van der Waals surface area contributed by atoms with Crippen molar-refractivity contribution >= 4 is 21.7 Å². The minimum Gasteiger partial charge on any atom is -0.298 e. The molecular weight excluding hydrogens is 204 g/mol. The molecule has 0 heterocycles. The second-order valence-electron chi connectivity index (χ2n) is 3.68. The van der Waals surface area contributed by atoms with Crippen molar-refractivity contribution in [1.82, 2.24) is 0 Å². The molecule has 1 aliphatic carbocycles. The van der Waals surface area contributed by atoms with Crippen LogP contribution in [0.2, 0.25) is 0 Å². The zero-order valence-corrected chi connectivity index (χ0v) is 8.61. The van der Waals surface area contributed by atoms with E-state index in [4.69, 9.17) is 0 Å². The number of carbonyl (C=O) groups excluding carboxylic acids is 1. The summed E-state index contributed by atoms with van der Waals surface area (Å²) in [6.07, 6.45) is 5.96. The Balaban J connectivity index is 2.56. The highest BCUT2D eigenvalue weighted by Crippen LogP contribution is 2.36. The van der Waals surface area contributed by atoms with Crippen molar-refractivity contribution in [3.63, 3.8) is 0 Å². The minimum atomic E-state index is 0.00174. The van der Waals surface area contributed by atoms with Gasteiger partial charge in [0, 0.05) is 5.41 Å². The fourth-order valence-electron chi connectivity index (χ4n) is 1.77. The molecular formula is C9H15BrO. The van der Waals surface area contributed by atoms with Crippen molar-refractivity contribution < 1.29 is 4.79 Å². The van der Waals surface area contributed by atoms with E-state index in [1.807, 2.05) is 0 Å². The molecule has 0 atom stereocenters. The summed E-state index contributed by atoms with van der Waals surface area (Å²) in [5.74, 6) is 0.386. The topological polar surface area (TPSA) is 17.1 Å². The maximum absolute atomic E-state index is 11.4. The molecule has 0 bridgehead atoms. The maximum Gasteiger partial charge on any atom is 0.149 e. The Morgan fingerprint density at radius 2 is 1.91 bits per heavy atom. The third kappa shape index (κ3) is 2.05. The first-order chi connectivity index (χ1) is 5.19. The summed E-state index contributed by atoms with van der Waals surface area (Å²) in [6.45, 7) is 2.11. The second kappa shape index (κ2) is 3.70. The predicted octanol–water partition coefficient (Wildman–Crippen LogP) is 2.92. The van der Waals surface area contributed by atoms with Gasteiger partial charge >= 0.3 is 0 Å². The Morgan fingerprint density at radius 3 is 2.36 bits per heavy atom. The van der Waals surface area contributed by atoms with Crippen molar-refractivity contribution in [2.45, 2.75) is 39.0 Å². The Bertz CT molecular complexity index is 148. The van der Waals surface area contributed by atoms with Crippen LogP contribution in [0.3, 0.4) is 0 Å². The van der Waals surface area contributed by atoms with Crippen LogP contribution < -0.4 is 0 Å². The summed E-state index contributed by atoms with van der Waals surface area (Å²) < 4.78 is 0. The molecule has 0 aliphatic heterocycles. The largest absolute Gasteiger partial charge is 0.298 e. The third-order valence-corrected chi connectivity index (χ3v) is 3.26. The van der Waals surface area contributed by atoms with E-state index in [0.717, 1.165) is 12.8 Å². The molecule has 11 heavy (non-hydrogen) atoms. The summed E-state index contributed by atoms with van der Waals surface area (Å²) in [7, 11) is 0. The molecule has 0 amide bonds. The molecule has 0 radical (unpaired) electrons. The smallest absolute Gasteiger partial charge is 0.149 e. The van der Waals surface area contributed by atoms with Gasteiger partial charge in [-0.05, 0) is 12.8 Å². The number of halogens is 1. The van der Waals surface area contributed by atoms with Gasteiger partial charge in [-0.25, -0.2) is 0 Å². The number of carbonyl (C=O) groups is 1. The predicted molar refractivity (Wildman–Crippen MR) is 50.0 cm³/mol. The quantitative estimate of drug-likeness (QED) is 0.652. The van der Waals surface area contributed by atoms with Crippen molar-refractivity contribution in [3.05, 3.63) is 0 Å². The number of hydrogen-bond acceptors (Lipinski definition) is 1. The third-order valence-electron chi connectivity index (χ3n) is 2.75. The van der Waals surface area contributed by atoms with E-state index < -0.39 is 0 Å². The van der Waals surface area contributed by atoms with E-state index in [-0.39, 0.29) is 5.41 Å². The standard InChI is InChI=1S/C9H15BrO/c1-9(8(11)7-10)5-3-2-4-6-9/h2-7H2,1H3. The summed E-state index contributed by atoms with van der Waals surface area (Å²) >= 11 is 3.24. The van der Waals surface area contributed by atoms with E-state index >= 15 is 0 Å². The first-order valence-corrected chi connectivity index (χ1v) is 5.40. The van der Waals surface area contributed by atoms with E-state index in [1.54, 1.807) is 0 Å². The minimum absolute atomic E-state index is 0.00174. The Hall–Kier alpha value is 0.150. The SMILES string of the molecule is CC1(C(=O)CBr)CCCCC1. The maximum atomic E-state index is 11.4. The van der Waals surface area contributed by atoms with Gasteiger partial charge in [0.05, 0.1) is 5.33 Å². The van der Waals surface area contributed by atoms with Crippen LogP contribution in [-0.2, 0) is 4.79 Å². The number of ketones is 1. The van der Waals surface area contributed by atoms with Crippen LogP contribution in [-0.4, -0.2) is 11.1 Å². The molecule has 0 unspecified atom stereocenters. The van der Waals surface area contributed by atoms with Gasteiger partial charge in [-0.1, -0.05) is 42.1 Å². The van der Waals surface area contributed by atoms with E-state index in [0.29, 0.717) is 11.1 Å². The Labute approximate surface area is 76.7 Å². The van der Waals surface area contributed by atoms with Gasteiger partial charge in [0.25, 0.3) is 0 Å². The van der Waals surface area contributed by atoms with Crippen LogP contribution in [0.5, 0.6) is 0 Å². The molecule has 0 aromatic heterocycles. The molecule has 1 saturated carbocycles. The average Bonchev–Trinajstić information content (AvgIpc) is 2.04. The van der Waals surface area contributed by atoms with Gasteiger partial charge in [-0.2, -0.15) is 0 Å². The lowest BCUT2D eigenvalue weighted by molar-refractivity contribution is -0.126. The second-order valence-corrected chi connectivity index (χ2v) is 4.24. The van der Waals surface area contributed by atoms with Gasteiger partial charge in [0.1, 0.15) is 5.78 Å². The van der Waals surface area contributed by atoms with Gasteiger partial charge in [-0.3, -0.25) is 4.79 Å². The van der Waals surface area contributed by atoms with Gasteiger partial charge < -0.3 is 0 Å². The Kier molecular flexibility index (Phi) is 3.11. The zero-order chi connectivity index (χ0) is 8.32. The normalized spacial score (nSPS) is 23.1. The lowest BCUT2D eigenvalue weighted by atomic mass is 9.73. The number of hydrogen-bond donors (Lipinski definition) is 0. The lowest BCUT2D eigenvalue weighted by Gasteiger charge is -2.31. The molecule has 64 valence electrons. The molecule has 0 saturated heterocycles. The summed E-state index contributed by atoms with van der Waals surface area (Å²) in [5.41, 5.74) is 0.00174. The van der Waals surface area contributed by atoms with Crippen LogP contribution >= 0.6 is 15.9 Å². The molecule has 1 fully saturated rings. The molecule has 0 N–H and O–H groups in total. The van der Waals surface area contributed by atoms with Crippen LogP contribution in [0.15, 0.2) is 0 Å². The van der Waals surface area contributed by atoms with Crippen molar-refractivity contribution in [2.75, 3.05) is 5.33 Å². The average molecular weight is 219 g/mol. The van der Waals surface area contributed by atoms with Crippen LogP contribution in [0.4, 0.5) is 0 Å². The molecule has 0 aromatic rings. The zero-order valence-electron chi connectivity index (χ0n) is 7.03. The van der Waals surface area contributed by atoms with Gasteiger partial charge in [0.2, 0.25) is 0 Å². The summed E-state index contributed by atoms with van der Waals surface area (Å²) in [4.78, 5) is 11.4. The molecule has 2 heteroatoms. The van der Waals surface area contributed by atoms with Crippen LogP contribution in [0, 0.1) is 5.41 Å². The van der Waals surface area contributed by atoms with Crippen LogP contribution in [0.25, 0.3) is 0 Å². The first kappa shape index (κ1) is 9.24. The molecule has 0 spiro atoms. The van der Waals surface area contributed by atoms with Crippen molar-refractivity contribution in [1.29, 1.82) is 0 Å². The number of alkyl halides is 1. The van der Waals surface area contributed by atoms with E-state index in [2.05, 4.69) is 22.9 Å². The van der Waals surface area contributed by atoms with Gasteiger partial charge in [0.15, 0.2) is 0 Å². The summed E-state index contributed by atoms with van der Waals surface area (Å²) in [6, 6.07) is 0. The van der Waals surface area contributed by atoms with Gasteiger partial charge in [-0.15, -0.1) is 0 Å². The Morgan fingerprint density at radius 1 is 1.36 bits per heavy atom. The fraction of sp³-hybridized carbons (Fsp3) is 0.889. The highest BCUT2D eigenvalue weighted by atomic mass is 79.9. The van der Waals surface area contributed by atoms with Crippen molar-refractivity contribution in [3.8, 4) is 0 Å². The molecule has 1 aliphatic rings. The van der Waals surface area contributed by atoms with Crippen LogP contribution in [0.1, 0.15) is 39.0 Å². The highest BCUT2D eigenvalue weighted by molar-refractivity contribution is 9.09. The summed E-state index contributed by atoms with van der Waals surface area (Å²) in [5, 5.41) is 0.531. The monoisotopic (exact) mass is 218 g/mol. The lowest BCUT2D eigenvalue weighted by Crippen LogP contribution is -2.30. The highest BCUT2D eigenvalue weighted by Gasteiger charge is 2.32. The van der Waals surface area contributed by atoms with E-state index in [9.17, 15) is 4.79 Å². The number of rotatable bonds is 2. The first-order valence-electron chi connectivity index (χ1n) is 4.28. The molecule has 0 aromatic carbocycles. The fourth-order valence-corrected chi connectivity index (χ4v) is 2.45. The molecule has 1 rings (SSSR count). The number of Topliss-reactive ketones (excluding diaryl/α,β-unsaturated/α-hetero) is 1. The van der Waals surface area contributed by atoms with E-state index in [1.165, 1.54) is 19.3 Å². The molecule has 1 nitrogen and oxygen atoms in total.